The molecule has 1 saturated heterocycles. The second kappa shape index (κ2) is 10.9. The SMILES string of the molecule is CN(CC(C)(C)N1CCOCC1)C(=O)c1c(-c2ccc(Cl)cc2)cc(C(F)(F)F)n1Cc1ccccc1. The van der Waals surface area contributed by atoms with Gasteiger partial charge in [0, 0.05) is 49.4 Å². The number of amides is 1. The highest BCUT2D eigenvalue weighted by atomic mass is 35.5. The molecule has 1 aliphatic heterocycles. The predicted molar refractivity (Wildman–Crippen MR) is 139 cm³/mol. The number of halogens is 4. The summed E-state index contributed by atoms with van der Waals surface area (Å²) in [6.45, 7) is 6.99. The van der Waals surface area contributed by atoms with Crippen molar-refractivity contribution in [1.29, 1.82) is 0 Å². The molecule has 5 nitrogen and oxygen atoms in total. The minimum absolute atomic E-state index is 0.00113. The molecule has 0 N–H and O–H groups in total. The smallest absolute Gasteiger partial charge is 0.379 e. The molecule has 2 aromatic carbocycles. The summed E-state index contributed by atoms with van der Waals surface area (Å²) in [4.78, 5) is 17.7. The largest absolute Gasteiger partial charge is 0.431 e. The van der Waals surface area contributed by atoms with Gasteiger partial charge in [0.05, 0.1) is 13.2 Å². The predicted octanol–water partition coefficient (Wildman–Crippen LogP) is 6.06. The second-order valence-electron chi connectivity index (χ2n) is 9.94. The molecule has 1 amide bonds. The fourth-order valence-corrected chi connectivity index (χ4v) is 5.02. The van der Waals surface area contributed by atoms with E-state index in [2.05, 4.69) is 4.90 Å². The van der Waals surface area contributed by atoms with Crippen molar-refractivity contribution >= 4 is 17.5 Å². The van der Waals surface area contributed by atoms with Crippen LogP contribution in [0.15, 0.2) is 60.7 Å². The summed E-state index contributed by atoms with van der Waals surface area (Å²) in [7, 11) is 1.64. The van der Waals surface area contributed by atoms with Crippen LogP contribution in [0, 0.1) is 0 Å². The van der Waals surface area contributed by atoms with Gasteiger partial charge in [0.1, 0.15) is 11.4 Å². The fourth-order valence-electron chi connectivity index (χ4n) is 4.90. The normalized spacial score (nSPS) is 15.1. The molecule has 0 aliphatic carbocycles. The maximum absolute atomic E-state index is 14.3. The molecule has 1 aromatic heterocycles. The van der Waals surface area contributed by atoms with Gasteiger partial charge in [0.2, 0.25) is 0 Å². The van der Waals surface area contributed by atoms with E-state index >= 15 is 0 Å². The lowest BCUT2D eigenvalue weighted by molar-refractivity contribution is -0.143. The zero-order valence-electron chi connectivity index (χ0n) is 21.2. The van der Waals surface area contributed by atoms with Crippen molar-refractivity contribution in [2.24, 2.45) is 0 Å². The quantitative estimate of drug-likeness (QED) is 0.370. The summed E-state index contributed by atoms with van der Waals surface area (Å²) < 4.78 is 49.5. The number of hydrogen-bond donors (Lipinski definition) is 0. The Labute approximate surface area is 220 Å². The third-order valence-electron chi connectivity index (χ3n) is 6.77. The van der Waals surface area contributed by atoms with Gasteiger partial charge in [-0.05, 0) is 43.2 Å². The van der Waals surface area contributed by atoms with Crippen molar-refractivity contribution in [1.82, 2.24) is 14.4 Å². The van der Waals surface area contributed by atoms with E-state index < -0.39 is 23.3 Å². The van der Waals surface area contributed by atoms with E-state index in [4.69, 9.17) is 16.3 Å². The van der Waals surface area contributed by atoms with Crippen LogP contribution < -0.4 is 0 Å². The first-order chi connectivity index (χ1) is 17.5. The Morgan fingerprint density at radius 3 is 2.24 bits per heavy atom. The molecule has 0 bridgehead atoms. The highest BCUT2D eigenvalue weighted by Crippen LogP contribution is 2.38. The van der Waals surface area contributed by atoms with Crippen molar-refractivity contribution in [2.45, 2.75) is 32.1 Å². The number of hydrogen-bond acceptors (Lipinski definition) is 3. The highest BCUT2D eigenvalue weighted by molar-refractivity contribution is 6.30. The minimum Gasteiger partial charge on any atom is -0.379 e. The fraction of sp³-hybridized carbons (Fsp3) is 0.393. The van der Waals surface area contributed by atoms with Gasteiger partial charge in [-0.25, -0.2) is 0 Å². The molecular weight excluding hydrogens is 503 g/mol. The summed E-state index contributed by atoms with van der Waals surface area (Å²) >= 11 is 6.04. The molecule has 0 spiro atoms. The molecule has 0 atom stereocenters. The average molecular weight is 534 g/mol. The van der Waals surface area contributed by atoms with E-state index in [0.717, 1.165) is 23.7 Å². The lowest BCUT2D eigenvalue weighted by Crippen LogP contribution is -2.55. The number of carbonyl (C=O) groups is 1. The van der Waals surface area contributed by atoms with Crippen molar-refractivity contribution in [2.75, 3.05) is 39.9 Å². The topological polar surface area (TPSA) is 37.7 Å². The number of likely N-dealkylation sites (N-methyl/N-ethyl adjacent to an activating group) is 1. The first kappa shape index (κ1) is 27.2. The van der Waals surface area contributed by atoms with Gasteiger partial charge in [0.15, 0.2) is 0 Å². The van der Waals surface area contributed by atoms with Gasteiger partial charge in [0.25, 0.3) is 5.91 Å². The molecule has 37 heavy (non-hydrogen) atoms. The summed E-state index contributed by atoms with van der Waals surface area (Å²) in [6.07, 6.45) is -4.65. The van der Waals surface area contributed by atoms with Gasteiger partial charge < -0.3 is 14.2 Å². The van der Waals surface area contributed by atoms with Gasteiger partial charge in [-0.15, -0.1) is 0 Å². The number of benzene rings is 2. The van der Waals surface area contributed by atoms with Crippen LogP contribution in [0.3, 0.4) is 0 Å². The van der Waals surface area contributed by atoms with Crippen molar-refractivity contribution in [3.8, 4) is 11.1 Å². The molecule has 0 saturated carbocycles. The van der Waals surface area contributed by atoms with Gasteiger partial charge >= 0.3 is 6.18 Å². The van der Waals surface area contributed by atoms with Crippen LogP contribution in [0.25, 0.3) is 11.1 Å². The minimum atomic E-state index is -4.65. The van der Waals surface area contributed by atoms with Crippen molar-refractivity contribution in [3.63, 3.8) is 0 Å². The summed E-state index contributed by atoms with van der Waals surface area (Å²) in [5.41, 5.74) is 0.117. The van der Waals surface area contributed by atoms with Crippen LogP contribution in [0.4, 0.5) is 13.2 Å². The Kier molecular flexibility index (Phi) is 8.02. The third kappa shape index (κ3) is 6.20. The van der Waals surface area contributed by atoms with E-state index in [-0.39, 0.29) is 17.8 Å². The van der Waals surface area contributed by atoms with Gasteiger partial charge in [-0.1, -0.05) is 54.1 Å². The van der Waals surface area contributed by atoms with E-state index in [9.17, 15) is 18.0 Å². The van der Waals surface area contributed by atoms with Crippen LogP contribution in [0.5, 0.6) is 0 Å². The number of aromatic nitrogens is 1. The zero-order chi connectivity index (χ0) is 26.8. The lowest BCUT2D eigenvalue weighted by Gasteiger charge is -2.42. The Hall–Kier alpha value is -2.81. The molecule has 0 unspecified atom stereocenters. The third-order valence-corrected chi connectivity index (χ3v) is 7.02. The molecule has 2 heterocycles. The standard InChI is InChI=1S/C28H31ClF3N3O2/c1-27(2,34-13-15-37-16-14-34)19-33(3)26(36)25-23(21-9-11-22(29)12-10-21)17-24(28(30,31)32)35(25)18-20-7-5-4-6-8-20/h4-12,17H,13-16,18-19H2,1-3H3. The Morgan fingerprint density at radius 2 is 1.65 bits per heavy atom. The zero-order valence-corrected chi connectivity index (χ0v) is 21.9. The Morgan fingerprint density at radius 1 is 1.03 bits per heavy atom. The van der Waals surface area contributed by atoms with Crippen LogP contribution in [-0.4, -0.2) is 65.7 Å². The maximum Gasteiger partial charge on any atom is 0.431 e. The number of ether oxygens (including phenoxy) is 1. The number of rotatable bonds is 7. The van der Waals surface area contributed by atoms with E-state index in [1.165, 1.54) is 4.90 Å². The monoisotopic (exact) mass is 533 g/mol. The average Bonchev–Trinajstić information content (AvgIpc) is 3.24. The molecule has 0 radical (unpaired) electrons. The highest BCUT2D eigenvalue weighted by Gasteiger charge is 2.39. The molecule has 198 valence electrons. The van der Waals surface area contributed by atoms with E-state index in [0.29, 0.717) is 35.9 Å². The number of nitrogens with zero attached hydrogens (tertiary/aromatic N) is 3. The molecule has 1 fully saturated rings. The molecule has 1 aliphatic rings. The van der Waals surface area contributed by atoms with Crippen LogP contribution in [0.2, 0.25) is 5.02 Å². The summed E-state index contributed by atoms with van der Waals surface area (Å²) in [5.74, 6) is -0.474. The van der Waals surface area contributed by atoms with Crippen LogP contribution in [0.1, 0.15) is 35.6 Å². The van der Waals surface area contributed by atoms with Crippen molar-refractivity contribution in [3.05, 3.63) is 82.6 Å². The molecule has 3 aromatic rings. The van der Waals surface area contributed by atoms with Crippen LogP contribution >= 0.6 is 11.6 Å². The summed E-state index contributed by atoms with van der Waals surface area (Å²) in [6, 6.07) is 16.4. The Bertz CT molecular complexity index is 1220. The number of alkyl halides is 3. The maximum atomic E-state index is 14.3. The number of morpholine rings is 1. The first-order valence-electron chi connectivity index (χ1n) is 12.2. The number of carbonyl (C=O) groups excluding carboxylic acids is 1. The van der Waals surface area contributed by atoms with E-state index in [1.54, 1.807) is 61.6 Å². The van der Waals surface area contributed by atoms with Crippen molar-refractivity contribution < 1.29 is 22.7 Å². The van der Waals surface area contributed by atoms with Gasteiger partial charge in [-0.3, -0.25) is 9.69 Å². The van der Waals surface area contributed by atoms with Crippen LogP contribution in [-0.2, 0) is 17.5 Å². The second-order valence-corrected chi connectivity index (χ2v) is 10.4. The first-order valence-corrected chi connectivity index (χ1v) is 12.5. The molecular formula is C28H31ClF3N3O2. The lowest BCUT2D eigenvalue weighted by atomic mass is 10.0. The van der Waals surface area contributed by atoms with Gasteiger partial charge in [-0.2, -0.15) is 13.2 Å². The molecule has 4 rings (SSSR count). The summed E-state index contributed by atoms with van der Waals surface area (Å²) in [5, 5.41) is 0.459. The van der Waals surface area contributed by atoms with E-state index in [1.807, 2.05) is 13.8 Å². The Balaban J connectivity index is 1.80. The molecule has 9 heteroatoms.